The molecule has 7 nitrogen and oxygen atoms in total. The molecule has 0 fully saturated rings. The molecule has 1 N–H and O–H groups in total. The first-order valence-corrected chi connectivity index (χ1v) is 5.95. The first-order valence-electron chi connectivity index (χ1n) is 5.95. The molecule has 3 rings (SSSR count). The highest BCUT2D eigenvalue weighted by molar-refractivity contribution is 5.84. The molecule has 0 unspecified atom stereocenters. The van der Waals surface area contributed by atoms with Gasteiger partial charge in [0.2, 0.25) is 5.89 Å². The average molecular weight is 288 g/mol. The fraction of sp³-hybridized carbons (Fsp3) is 0.0769. The maximum Gasteiger partial charge on any atom is 0.358 e. The Kier molecular flexibility index (Phi) is 3.19. The third-order valence-electron chi connectivity index (χ3n) is 2.72. The molecule has 0 aliphatic carbocycles. The lowest BCUT2D eigenvalue weighted by molar-refractivity contribution is 0.0690. The first kappa shape index (κ1) is 13.0. The Bertz CT molecular complexity index is 779. The van der Waals surface area contributed by atoms with Crippen molar-refractivity contribution in [3.8, 4) is 11.5 Å². The summed E-state index contributed by atoms with van der Waals surface area (Å²) in [6, 6.07) is 5.75. The fourth-order valence-corrected chi connectivity index (χ4v) is 1.74. The van der Waals surface area contributed by atoms with Gasteiger partial charge >= 0.3 is 5.97 Å². The summed E-state index contributed by atoms with van der Waals surface area (Å²) >= 11 is 0. The van der Waals surface area contributed by atoms with E-state index in [1.807, 2.05) is 0 Å². The first-order chi connectivity index (χ1) is 10.1. The Morgan fingerprint density at radius 1 is 1.33 bits per heavy atom. The Morgan fingerprint density at radius 2 is 2.10 bits per heavy atom. The number of carboxylic acids is 1. The van der Waals surface area contributed by atoms with Crippen molar-refractivity contribution in [2.45, 2.75) is 6.54 Å². The number of aromatic carboxylic acids is 1. The quantitative estimate of drug-likeness (QED) is 0.787. The molecule has 2 heterocycles. The van der Waals surface area contributed by atoms with Crippen molar-refractivity contribution in [2.24, 2.45) is 0 Å². The van der Waals surface area contributed by atoms with Gasteiger partial charge in [0, 0.05) is 5.56 Å². The molecule has 0 atom stereocenters. The maximum atomic E-state index is 12.8. The van der Waals surface area contributed by atoms with Crippen molar-refractivity contribution in [2.75, 3.05) is 0 Å². The van der Waals surface area contributed by atoms with E-state index in [0.29, 0.717) is 17.1 Å². The number of benzene rings is 1. The van der Waals surface area contributed by atoms with Gasteiger partial charge in [0.25, 0.3) is 0 Å². The molecule has 1 aromatic carbocycles. The highest BCUT2D eigenvalue weighted by Crippen LogP contribution is 2.19. The zero-order chi connectivity index (χ0) is 14.8. The van der Waals surface area contributed by atoms with E-state index >= 15 is 0 Å². The number of hydrogen-bond donors (Lipinski definition) is 1. The van der Waals surface area contributed by atoms with Gasteiger partial charge in [-0.25, -0.2) is 18.9 Å². The Morgan fingerprint density at radius 3 is 2.76 bits per heavy atom. The van der Waals surface area contributed by atoms with Crippen molar-refractivity contribution < 1.29 is 18.7 Å². The summed E-state index contributed by atoms with van der Waals surface area (Å²) in [5.74, 6) is -1.13. The normalized spacial score (nSPS) is 10.7. The monoisotopic (exact) mass is 288 g/mol. The van der Waals surface area contributed by atoms with Gasteiger partial charge in [0.15, 0.2) is 5.69 Å². The zero-order valence-corrected chi connectivity index (χ0v) is 10.6. The van der Waals surface area contributed by atoms with Gasteiger partial charge in [-0.05, 0) is 24.3 Å². The predicted octanol–water partition coefficient (Wildman–Crippen LogP) is 1.82. The van der Waals surface area contributed by atoms with E-state index in [0.717, 1.165) is 0 Å². The molecule has 0 saturated carbocycles. The minimum atomic E-state index is -1.14. The van der Waals surface area contributed by atoms with E-state index in [2.05, 4.69) is 15.3 Å². The van der Waals surface area contributed by atoms with Gasteiger partial charge in [-0.15, -0.1) is 5.10 Å². The van der Waals surface area contributed by atoms with Crippen LogP contribution in [0.25, 0.3) is 11.5 Å². The molecule has 2 aromatic heterocycles. The average Bonchev–Trinajstić information content (AvgIpc) is 3.10. The zero-order valence-electron chi connectivity index (χ0n) is 10.6. The molecule has 0 amide bonds. The topological polar surface area (TPSA) is 94.0 Å². The largest absolute Gasteiger partial charge is 0.476 e. The molecule has 3 aromatic rings. The number of carboxylic acid groups (broad SMARTS) is 1. The van der Waals surface area contributed by atoms with Crippen molar-refractivity contribution in [3.05, 3.63) is 53.9 Å². The second-order valence-corrected chi connectivity index (χ2v) is 4.26. The van der Waals surface area contributed by atoms with E-state index < -0.39 is 5.97 Å². The molecule has 0 spiro atoms. The van der Waals surface area contributed by atoms with Crippen LogP contribution >= 0.6 is 0 Å². The number of oxazole rings is 1. The fourth-order valence-electron chi connectivity index (χ4n) is 1.74. The SMILES string of the molecule is O=C(O)c1cn(Cc2coc(-c3ccc(F)cc3)n2)nn1. The molecule has 0 saturated heterocycles. The Hall–Kier alpha value is -3.03. The molecule has 0 aliphatic heterocycles. The highest BCUT2D eigenvalue weighted by atomic mass is 19.1. The summed E-state index contributed by atoms with van der Waals surface area (Å²) in [5, 5.41) is 15.9. The lowest BCUT2D eigenvalue weighted by atomic mass is 10.2. The lowest BCUT2D eigenvalue weighted by Crippen LogP contribution is -2.01. The van der Waals surface area contributed by atoms with Crippen LogP contribution in [0.15, 0.2) is 41.1 Å². The van der Waals surface area contributed by atoms with Crippen LogP contribution in [-0.4, -0.2) is 31.1 Å². The summed E-state index contributed by atoms with van der Waals surface area (Å²) in [7, 11) is 0. The molecular weight excluding hydrogens is 279 g/mol. The maximum absolute atomic E-state index is 12.8. The number of aromatic nitrogens is 4. The van der Waals surface area contributed by atoms with Crippen LogP contribution in [0.2, 0.25) is 0 Å². The number of carbonyl (C=O) groups is 1. The summed E-state index contributed by atoms with van der Waals surface area (Å²) in [5.41, 5.74) is 1.06. The minimum Gasteiger partial charge on any atom is -0.476 e. The van der Waals surface area contributed by atoms with Gasteiger partial charge in [0.1, 0.15) is 17.8 Å². The van der Waals surface area contributed by atoms with Crippen molar-refractivity contribution >= 4 is 5.97 Å². The van der Waals surface area contributed by atoms with Crippen LogP contribution < -0.4 is 0 Å². The van der Waals surface area contributed by atoms with Crippen molar-refractivity contribution in [1.29, 1.82) is 0 Å². The molecule has 106 valence electrons. The number of halogens is 1. The molecule has 8 heteroatoms. The number of hydrogen-bond acceptors (Lipinski definition) is 5. The van der Waals surface area contributed by atoms with Gasteiger partial charge < -0.3 is 9.52 Å². The third kappa shape index (κ3) is 2.78. The summed E-state index contributed by atoms with van der Waals surface area (Å²) in [6.07, 6.45) is 2.73. The van der Waals surface area contributed by atoms with E-state index in [9.17, 15) is 9.18 Å². The molecular formula is C13H9FN4O3. The lowest BCUT2D eigenvalue weighted by Gasteiger charge is -1.95. The Balaban J connectivity index is 1.78. The summed E-state index contributed by atoms with van der Waals surface area (Å²) in [6.45, 7) is 0.227. The molecule has 0 radical (unpaired) electrons. The van der Waals surface area contributed by atoms with E-state index in [-0.39, 0.29) is 18.1 Å². The molecule has 21 heavy (non-hydrogen) atoms. The van der Waals surface area contributed by atoms with Crippen LogP contribution in [0.1, 0.15) is 16.2 Å². The van der Waals surface area contributed by atoms with Crippen LogP contribution in [0, 0.1) is 5.82 Å². The van der Waals surface area contributed by atoms with Crippen molar-refractivity contribution in [1.82, 2.24) is 20.0 Å². The van der Waals surface area contributed by atoms with Crippen LogP contribution in [0.4, 0.5) is 4.39 Å². The van der Waals surface area contributed by atoms with E-state index in [4.69, 9.17) is 9.52 Å². The van der Waals surface area contributed by atoms with Crippen LogP contribution in [0.3, 0.4) is 0 Å². The second kappa shape index (κ2) is 5.16. The number of rotatable bonds is 4. The van der Waals surface area contributed by atoms with Crippen molar-refractivity contribution in [3.63, 3.8) is 0 Å². The minimum absolute atomic E-state index is 0.141. The summed E-state index contributed by atoms with van der Waals surface area (Å²) in [4.78, 5) is 14.9. The van der Waals surface area contributed by atoms with E-state index in [1.54, 1.807) is 12.1 Å². The van der Waals surface area contributed by atoms with Gasteiger partial charge in [-0.2, -0.15) is 0 Å². The van der Waals surface area contributed by atoms with E-state index in [1.165, 1.54) is 29.3 Å². The number of nitrogens with zero attached hydrogens (tertiary/aromatic N) is 4. The standard InChI is InChI=1S/C13H9FN4O3/c14-9-3-1-8(2-4-9)12-15-10(7-21-12)5-18-6-11(13(19)20)16-17-18/h1-4,6-7H,5H2,(H,19,20). The van der Waals surface area contributed by atoms with Crippen LogP contribution in [0.5, 0.6) is 0 Å². The van der Waals surface area contributed by atoms with Crippen LogP contribution in [-0.2, 0) is 6.54 Å². The summed E-state index contributed by atoms with van der Waals surface area (Å²) < 4.78 is 19.5. The van der Waals surface area contributed by atoms with Gasteiger partial charge in [-0.1, -0.05) is 5.21 Å². The smallest absolute Gasteiger partial charge is 0.358 e. The molecule has 0 bridgehead atoms. The van der Waals surface area contributed by atoms with Gasteiger partial charge in [0.05, 0.1) is 12.7 Å². The molecule has 0 aliphatic rings. The highest BCUT2D eigenvalue weighted by Gasteiger charge is 2.11. The predicted molar refractivity (Wildman–Crippen MR) is 68.0 cm³/mol. The Labute approximate surface area is 117 Å². The van der Waals surface area contributed by atoms with Gasteiger partial charge in [-0.3, -0.25) is 0 Å². The second-order valence-electron chi connectivity index (χ2n) is 4.26. The third-order valence-corrected chi connectivity index (χ3v) is 2.72.